The third-order valence-electron chi connectivity index (χ3n) is 4.35. The predicted molar refractivity (Wildman–Crippen MR) is 81.8 cm³/mol. The Morgan fingerprint density at radius 1 is 1.08 bits per heavy atom. The second-order valence-corrected chi connectivity index (χ2v) is 6.19. The molecule has 1 saturated carbocycles. The van der Waals surface area contributed by atoms with Gasteiger partial charge in [0.2, 0.25) is 5.75 Å². The van der Waals surface area contributed by atoms with Gasteiger partial charge in [-0.25, -0.2) is 8.78 Å². The summed E-state index contributed by atoms with van der Waals surface area (Å²) in [6.45, 7) is 2.11. The van der Waals surface area contributed by atoms with Gasteiger partial charge < -0.3 is 4.74 Å². The van der Waals surface area contributed by atoms with E-state index in [-0.39, 0.29) is 5.92 Å². The molecule has 0 radical (unpaired) electrons. The third-order valence-corrected chi connectivity index (χ3v) is 4.35. The van der Waals surface area contributed by atoms with Gasteiger partial charge in [0.1, 0.15) is 0 Å². The molecule has 1 aliphatic carbocycles. The van der Waals surface area contributed by atoms with Crippen LogP contribution in [0.4, 0.5) is 22.0 Å². The Bertz CT molecular complexity index is 548. The minimum atomic E-state index is -5.12. The first kappa shape index (κ1) is 18.7. The molecule has 1 aliphatic rings. The van der Waals surface area contributed by atoms with Gasteiger partial charge in [0.25, 0.3) is 0 Å². The summed E-state index contributed by atoms with van der Waals surface area (Å²) in [5.41, 5.74) is 0.399. The van der Waals surface area contributed by atoms with Crippen LogP contribution in [0.3, 0.4) is 0 Å². The molecule has 1 aromatic carbocycles. The number of unbranched alkanes of at least 4 members (excludes halogenated alkanes) is 1. The Kier molecular flexibility index (Phi) is 6.24. The number of hydrogen-bond acceptors (Lipinski definition) is 1. The van der Waals surface area contributed by atoms with Crippen LogP contribution >= 0.6 is 0 Å². The quantitative estimate of drug-likeness (QED) is 0.436. The number of hydrogen-bond donors (Lipinski definition) is 0. The van der Waals surface area contributed by atoms with E-state index >= 15 is 0 Å². The maximum absolute atomic E-state index is 13.8. The van der Waals surface area contributed by atoms with Crippen LogP contribution in [0.15, 0.2) is 24.3 Å². The number of allylic oxidation sites excluding steroid dienone is 2. The molecule has 0 bridgehead atoms. The highest BCUT2D eigenvalue weighted by Gasteiger charge is 2.34. The van der Waals surface area contributed by atoms with Crippen molar-refractivity contribution in [2.75, 3.05) is 0 Å². The fourth-order valence-corrected chi connectivity index (χ4v) is 3.13. The first-order valence-corrected chi connectivity index (χ1v) is 8.21. The van der Waals surface area contributed by atoms with Crippen molar-refractivity contribution < 1.29 is 26.7 Å². The zero-order chi connectivity index (χ0) is 17.7. The van der Waals surface area contributed by atoms with Crippen molar-refractivity contribution in [1.29, 1.82) is 0 Å². The van der Waals surface area contributed by atoms with E-state index in [0.29, 0.717) is 11.5 Å². The maximum Gasteiger partial charge on any atom is 0.573 e. The molecule has 0 unspecified atom stereocenters. The molecule has 0 spiro atoms. The molecule has 6 heteroatoms. The molecule has 0 heterocycles. The molecule has 0 saturated heterocycles. The zero-order valence-corrected chi connectivity index (χ0v) is 13.5. The minimum absolute atomic E-state index is 0.0373. The summed E-state index contributed by atoms with van der Waals surface area (Å²) in [7, 11) is 0. The van der Waals surface area contributed by atoms with E-state index in [4.69, 9.17) is 0 Å². The number of benzene rings is 1. The fourth-order valence-electron chi connectivity index (χ4n) is 3.13. The summed E-state index contributed by atoms with van der Waals surface area (Å²) in [4.78, 5) is 0. The Labute approximate surface area is 138 Å². The summed E-state index contributed by atoms with van der Waals surface area (Å²) in [5, 5.41) is 0. The van der Waals surface area contributed by atoms with Gasteiger partial charge in [0.05, 0.1) is 0 Å². The standard InChI is InChI=1S/C18H21F5O/c1-2-3-4-5-12-6-8-13(9-7-12)14-10-15(19)17(16(20)11-14)24-18(21,22)23/h4-5,10-13H,2-3,6-9H2,1H3/b5-4+/t12-,13-. The highest BCUT2D eigenvalue weighted by Crippen LogP contribution is 2.39. The van der Waals surface area contributed by atoms with Crippen molar-refractivity contribution >= 4 is 0 Å². The van der Waals surface area contributed by atoms with Crippen molar-refractivity contribution in [1.82, 2.24) is 0 Å². The zero-order valence-electron chi connectivity index (χ0n) is 13.5. The van der Waals surface area contributed by atoms with Crippen LogP contribution < -0.4 is 4.74 Å². The molecule has 1 fully saturated rings. The predicted octanol–water partition coefficient (Wildman–Crippen LogP) is 6.49. The van der Waals surface area contributed by atoms with Gasteiger partial charge in [0, 0.05) is 0 Å². The summed E-state index contributed by atoms with van der Waals surface area (Å²) < 4.78 is 67.5. The second kappa shape index (κ2) is 7.99. The first-order valence-electron chi connectivity index (χ1n) is 8.21. The molecular formula is C18H21F5O. The summed E-state index contributed by atoms with van der Waals surface area (Å²) >= 11 is 0. The number of halogens is 5. The molecule has 134 valence electrons. The Balaban J connectivity index is 2.04. The summed E-state index contributed by atoms with van der Waals surface area (Å²) in [6.07, 6.45) is 4.72. The Morgan fingerprint density at radius 3 is 2.17 bits per heavy atom. The molecule has 0 N–H and O–H groups in total. The molecule has 0 aliphatic heterocycles. The van der Waals surface area contributed by atoms with Crippen LogP contribution in [0.25, 0.3) is 0 Å². The van der Waals surface area contributed by atoms with Crippen LogP contribution in [-0.4, -0.2) is 6.36 Å². The molecular weight excluding hydrogens is 327 g/mol. The summed E-state index contributed by atoms with van der Waals surface area (Å²) in [5.74, 6) is -3.58. The monoisotopic (exact) mass is 348 g/mol. The first-order chi connectivity index (χ1) is 11.3. The smallest absolute Gasteiger partial charge is 0.399 e. The van der Waals surface area contributed by atoms with Crippen molar-refractivity contribution in [3.63, 3.8) is 0 Å². The number of ether oxygens (including phenoxy) is 1. The largest absolute Gasteiger partial charge is 0.573 e. The van der Waals surface area contributed by atoms with E-state index in [1.807, 2.05) is 0 Å². The highest BCUT2D eigenvalue weighted by atomic mass is 19.4. The fraction of sp³-hybridized carbons (Fsp3) is 0.556. The van der Waals surface area contributed by atoms with Crippen molar-refractivity contribution in [2.45, 2.75) is 57.7 Å². The molecule has 0 atom stereocenters. The number of alkyl halides is 3. The van der Waals surface area contributed by atoms with Gasteiger partial charge in [-0.2, -0.15) is 0 Å². The number of rotatable bonds is 5. The van der Waals surface area contributed by atoms with Gasteiger partial charge in [0.15, 0.2) is 11.6 Å². The molecule has 0 aromatic heterocycles. The van der Waals surface area contributed by atoms with Crippen molar-refractivity contribution in [2.24, 2.45) is 5.92 Å². The third kappa shape index (κ3) is 5.21. The van der Waals surface area contributed by atoms with Crippen molar-refractivity contribution in [3.8, 4) is 5.75 Å². The van der Waals surface area contributed by atoms with Crippen LogP contribution in [0.2, 0.25) is 0 Å². The van der Waals surface area contributed by atoms with E-state index in [0.717, 1.165) is 50.7 Å². The van der Waals surface area contributed by atoms with Crippen LogP contribution in [0.1, 0.15) is 56.9 Å². The van der Waals surface area contributed by atoms with Crippen LogP contribution in [0.5, 0.6) is 5.75 Å². The van der Waals surface area contributed by atoms with E-state index in [1.165, 1.54) is 0 Å². The van der Waals surface area contributed by atoms with Crippen molar-refractivity contribution in [3.05, 3.63) is 41.5 Å². The lowest BCUT2D eigenvalue weighted by molar-refractivity contribution is -0.276. The lowest BCUT2D eigenvalue weighted by Crippen LogP contribution is -2.19. The Hall–Kier alpha value is -1.59. The topological polar surface area (TPSA) is 9.23 Å². The van der Waals surface area contributed by atoms with Gasteiger partial charge in [-0.3, -0.25) is 0 Å². The molecule has 1 aromatic rings. The average Bonchev–Trinajstić information content (AvgIpc) is 2.51. The SMILES string of the molecule is CCC/C=C/[C@H]1CC[C@H](c2cc(F)c(OC(F)(F)F)c(F)c2)CC1. The highest BCUT2D eigenvalue weighted by molar-refractivity contribution is 5.33. The minimum Gasteiger partial charge on any atom is -0.399 e. The van der Waals surface area contributed by atoms with E-state index < -0.39 is 23.7 Å². The van der Waals surface area contributed by atoms with E-state index in [2.05, 4.69) is 23.8 Å². The molecule has 1 nitrogen and oxygen atoms in total. The average molecular weight is 348 g/mol. The van der Waals surface area contributed by atoms with E-state index in [9.17, 15) is 22.0 Å². The molecule has 0 amide bonds. The van der Waals surface area contributed by atoms with Gasteiger partial charge >= 0.3 is 6.36 Å². The van der Waals surface area contributed by atoms with E-state index in [1.54, 1.807) is 0 Å². The lowest BCUT2D eigenvalue weighted by Gasteiger charge is -2.27. The van der Waals surface area contributed by atoms with Crippen LogP contribution in [0, 0.1) is 17.6 Å². The maximum atomic E-state index is 13.8. The molecule has 24 heavy (non-hydrogen) atoms. The lowest BCUT2D eigenvalue weighted by atomic mass is 9.78. The second-order valence-electron chi connectivity index (χ2n) is 6.19. The van der Waals surface area contributed by atoms with Gasteiger partial charge in [-0.05, 0) is 61.6 Å². The summed E-state index contributed by atoms with van der Waals surface area (Å²) in [6, 6.07) is 1.92. The Morgan fingerprint density at radius 2 is 1.67 bits per heavy atom. The van der Waals surface area contributed by atoms with Gasteiger partial charge in [-0.15, -0.1) is 13.2 Å². The normalized spacial score (nSPS) is 22.1. The molecule has 2 rings (SSSR count). The van der Waals surface area contributed by atoms with Crippen LogP contribution in [-0.2, 0) is 0 Å². The van der Waals surface area contributed by atoms with Gasteiger partial charge in [-0.1, -0.05) is 25.5 Å².